The predicted octanol–water partition coefficient (Wildman–Crippen LogP) is 1.44. The van der Waals surface area contributed by atoms with Gasteiger partial charge in [0, 0.05) is 10.6 Å². The van der Waals surface area contributed by atoms with E-state index in [0.717, 1.165) is 4.90 Å². The Hall–Kier alpha value is -2.08. The third kappa shape index (κ3) is 4.75. The molecule has 0 aromatic heterocycles. The molecule has 0 aliphatic carbocycles. The highest BCUT2D eigenvalue weighted by atomic mass is 35.5. The Morgan fingerprint density at radius 2 is 1.62 bits per heavy atom. The number of aryl methyl sites for hydroxylation is 1. The Balaban J connectivity index is 3.05. The number of amides is 1. The van der Waals surface area contributed by atoms with Gasteiger partial charge < -0.3 is 14.4 Å². The standard InChI is InChI=1S/C14H16ClNO5/c1-9-4-5-10(15)6-11(9)14(19)16(7-12(17)20-2)8-13(18)21-3/h4-6H,7-8H2,1-3H3. The largest absolute Gasteiger partial charge is 0.468 e. The van der Waals surface area contributed by atoms with E-state index in [4.69, 9.17) is 11.6 Å². The van der Waals surface area contributed by atoms with Gasteiger partial charge in [-0.2, -0.15) is 0 Å². The molecule has 7 heteroatoms. The van der Waals surface area contributed by atoms with Crippen LogP contribution in [-0.4, -0.2) is 50.1 Å². The fraction of sp³-hybridized carbons (Fsp3) is 0.357. The zero-order valence-corrected chi connectivity index (χ0v) is 12.8. The Labute approximate surface area is 127 Å². The topological polar surface area (TPSA) is 72.9 Å². The smallest absolute Gasteiger partial charge is 0.325 e. The first kappa shape index (κ1) is 17.0. The minimum absolute atomic E-state index is 0.315. The summed E-state index contributed by atoms with van der Waals surface area (Å²) < 4.78 is 9.05. The Morgan fingerprint density at radius 3 is 2.10 bits per heavy atom. The maximum atomic E-state index is 12.5. The number of methoxy groups -OCH3 is 2. The summed E-state index contributed by atoms with van der Waals surface area (Å²) in [5, 5.41) is 0.389. The monoisotopic (exact) mass is 313 g/mol. The van der Waals surface area contributed by atoms with Crippen molar-refractivity contribution in [3.63, 3.8) is 0 Å². The van der Waals surface area contributed by atoms with E-state index < -0.39 is 17.8 Å². The normalized spacial score (nSPS) is 9.90. The van der Waals surface area contributed by atoms with Gasteiger partial charge in [-0.05, 0) is 24.6 Å². The second kappa shape index (κ2) is 7.64. The number of esters is 2. The number of carbonyl (C=O) groups is 3. The minimum Gasteiger partial charge on any atom is -0.468 e. The van der Waals surface area contributed by atoms with Crippen molar-refractivity contribution in [2.75, 3.05) is 27.3 Å². The van der Waals surface area contributed by atoms with Gasteiger partial charge in [-0.15, -0.1) is 0 Å². The van der Waals surface area contributed by atoms with Gasteiger partial charge in [0.25, 0.3) is 5.91 Å². The second-order valence-electron chi connectivity index (χ2n) is 4.27. The summed E-state index contributed by atoms with van der Waals surface area (Å²) in [4.78, 5) is 36.3. The molecule has 0 spiro atoms. The molecule has 0 N–H and O–H groups in total. The SMILES string of the molecule is COC(=O)CN(CC(=O)OC)C(=O)c1cc(Cl)ccc1C. The van der Waals surface area contributed by atoms with Gasteiger partial charge in [0.05, 0.1) is 14.2 Å². The van der Waals surface area contributed by atoms with Gasteiger partial charge in [0.2, 0.25) is 0 Å². The van der Waals surface area contributed by atoms with Crippen LogP contribution in [0.1, 0.15) is 15.9 Å². The van der Waals surface area contributed by atoms with E-state index in [0.29, 0.717) is 16.1 Å². The molecule has 1 rings (SSSR count). The zero-order chi connectivity index (χ0) is 16.0. The lowest BCUT2D eigenvalue weighted by atomic mass is 10.1. The van der Waals surface area contributed by atoms with Crippen molar-refractivity contribution in [3.8, 4) is 0 Å². The first-order valence-electron chi connectivity index (χ1n) is 6.08. The van der Waals surface area contributed by atoms with Crippen molar-refractivity contribution in [3.05, 3.63) is 34.3 Å². The molecule has 0 heterocycles. The molecule has 1 aromatic carbocycles. The number of rotatable bonds is 5. The minimum atomic E-state index is -0.632. The molecule has 0 saturated carbocycles. The zero-order valence-electron chi connectivity index (χ0n) is 12.0. The van der Waals surface area contributed by atoms with Gasteiger partial charge in [-0.1, -0.05) is 17.7 Å². The molecule has 0 atom stereocenters. The van der Waals surface area contributed by atoms with Gasteiger partial charge in [0.15, 0.2) is 0 Å². The lowest BCUT2D eigenvalue weighted by Gasteiger charge is -2.21. The average Bonchev–Trinajstić information content (AvgIpc) is 2.47. The van der Waals surface area contributed by atoms with Crippen LogP contribution in [0.4, 0.5) is 0 Å². The summed E-state index contributed by atoms with van der Waals surface area (Å²) in [6, 6.07) is 4.82. The third-order valence-corrected chi connectivity index (χ3v) is 3.05. The molecule has 1 aromatic rings. The summed E-state index contributed by atoms with van der Waals surface area (Å²) >= 11 is 5.88. The summed E-state index contributed by atoms with van der Waals surface area (Å²) in [5.74, 6) is -1.76. The Kier molecular flexibility index (Phi) is 6.17. The van der Waals surface area contributed by atoms with Crippen LogP contribution in [0, 0.1) is 6.92 Å². The van der Waals surface area contributed by atoms with Crippen LogP contribution >= 0.6 is 11.6 Å². The van der Waals surface area contributed by atoms with Crippen LogP contribution in [0.25, 0.3) is 0 Å². The highest BCUT2D eigenvalue weighted by molar-refractivity contribution is 6.31. The maximum Gasteiger partial charge on any atom is 0.325 e. The Bertz CT molecular complexity index is 540. The molecule has 21 heavy (non-hydrogen) atoms. The number of benzene rings is 1. The van der Waals surface area contributed by atoms with E-state index >= 15 is 0 Å². The maximum absolute atomic E-state index is 12.5. The number of hydrogen-bond donors (Lipinski definition) is 0. The van der Waals surface area contributed by atoms with Gasteiger partial charge in [-0.3, -0.25) is 14.4 Å². The molecule has 0 unspecified atom stereocenters. The molecule has 0 radical (unpaired) electrons. The highest BCUT2D eigenvalue weighted by Gasteiger charge is 2.23. The van der Waals surface area contributed by atoms with Gasteiger partial charge >= 0.3 is 11.9 Å². The number of carbonyl (C=O) groups excluding carboxylic acids is 3. The van der Waals surface area contributed by atoms with Gasteiger partial charge in [-0.25, -0.2) is 0 Å². The number of hydrogen-bond acceptors (Lipinski definition) is 5. The van der Waals surface area contributed by atoms with Crippen LogP contribution in [0.3, 0.4) is 0 Å². The van der Waals surface area contributed by atoms with Crippen LogP contribution in [0.15, 0.2) is 18.2 Å². The lowest BCUT2D eigenvalue weighted by molar-refractivity contribution is -0.144. The molecule has 0 bridgehead atoms. The molecule has 0 aliphatic rings. The molecular weight excluding hydrogens is 298 g/mol. The first-order chi connectivity index (χ1) is 9.88. The molecule has 6 nitrogen and oxygen atoms in total. The highest BCUT2D eigenvalue weighted by Crippen LogP contribution is 2.17. The van der Waals surface area contributed by atoms with E-state index in [1.807, 2.05) is 0 Å². The van der Waals surface area contributed by atoms with E-state index in [9.17, 15) is 14.4 Å². The van der Waals surface area contributed by atoms with Crippen molar-refractivity contribution in [2.24, 2.45) is 0 Å². The van der Waals surface area contributed by atoms with E-state index in [1.165, 1.54) is 20.3 Å². The number of ether oxygens (including phenoxy) is 2. The molecule has 0 aliphatic heterocycles. The van der Waals surface area contributed by atoms with E-state index in [1.54, 1.807) is 19.1 Å². The summed E-state index contributed by atoms with van der Waals surface area (Å²) in [7, 11) is 2.40. The third-order valence-electron chi connectivity index (χ3n) is 2.81. The molecule has 0 fully saturated rings. The van der Waals surface area contributed by atoms with E-state index in [-0.39, 0.29) is 13.1 Å². The summed E-state index contributed by atoms with van der Waals surface area (Å²) in [6.07, 6.45) is 0. The van der Waals surface area contributed by atoms with Crippen molar-refractivity contribution < 1.29 is 23.9 Å². The van der Waals surface area contributed by atoms with Crippen LogP contribution in [-0.2, 0) is 19.1 Å². The number of halogens is 1. The summed E-state index contributed by atoms with van der Waals surface area (Å²) in [5.41, 5.74) is 0.999. The van der Waals surface area contributed by atoms with Crippen molar-refractivity contribution in [1.29, 1.82) is 0 Å². The van der Waals surface area contributed by atoms with Crippen LogP contribution in [0.2, 0.25) is 5.02 Å². The van der Waals surface area contributed by atoms with E-state index in [2.05, 4.69) is 9.47 Å². The molecule has 0 saturated heterocycles. The van der Waals surface area contributed by atoms with Crippen molar-refractivity contribution >= 4 is 29.4 Å². The summed E-state index contributed by atoms with van der Waals surface area (Å²) in [6.45, 7) is 1.03. The second-order valence-corrected chi connectivity index (χ2v) is 4.71. The molecule has 114 valence electrons. The quantitative estimate of drug-likeness (QED) is 0.769. The molecular formula is C14H16ClNO5. The van der Waals surface area contributed by atoms with Crippen molar-refractivity contribution in [2.45, 2.75) is 6.92 Å². The fourth-order valence-corrected chi connectivity index (χ4v) is 1.81. The van der Waals surface area contributed by atoms with Crippen molar-refractivity contribution in [1.82, 2.24) is 4.90 Å². The molecule has 1 amide bonds. The Morgan fingerprint density at radius 1 is 1.10 bits per heavy atom. The number of nitrogens with zero attached hydrogens (tertiary/aromatic N) is 1. The lowest BCUT2D eigenvalue weighted by Crippen LogP contribution is -2.40. The van der Waals surface area contributed by atoms with Crippen LogP contribution in [0.5, 0.6) is 0 Å². The average molecular weight is 314 g/mol. The van der Waals surface area contributed by atoms with Gasteiger partial charge in [0.1, 0.15) is 13.1 Å². The van der Waals surface area contributed by atoms with Crippen LogP contribution < -0.4 is 0 Å². The fourth-order valence-electron chi connectivity index (χ4n) is 1.64. The predicted molar refractivity (Wildman–Crippen MR) is 76.1 cm³/mol. The first-order valence-corrected chi connectivity index (χ1v) is 6.46.